The van der Waals surface area contributed by atoms with E-state index in [1.807, 2.05) is 0 Å². The number of benzene rings is 1. The van der Waals surface area contributed by atoms with Gasteiger partial charge in [0.25, 0.3) is 0 Å². The number of alkyl halides is 5. The number of allylic oxidation sites excluding steroid dienone is 1. The van der Waals surface area contributed by atoms with Gasteiger partial charge in [0, 0.05) is 11.6 Å². The van der Waals surface area contributed by atoms with Gasteiger partial charge in [-0.25, -0.2) is 4.79 Å². The SMILES string of the molecule is O=C(O)/C=C(\c1ccccc1)C(F)(F)C(F)(F)F. The Labute approximate surface area is 98.3 Å². The Bertz CT molecular complexity index is 462. The molecule has 1 N–H and O–H groups in total. The lowest BCUT2D eigenvalue weighted by molar-refractivity contribution is -0.254. The first-order valence-corrected chi connectivity index (χ1v) is 4.61. The average molecular weight is 266 g/mol. The molecule has 0 amide bonds. The molecular formula is C11H7F5O2. The Morgan fingerprint density at radius 1 is 1.06 bits per heavy atom. The summed E-state index contributed by atoms with van der Waals surface area (Å²) in [5.41, 5.74) is -2.09. The quantitative estimate of drug-likeness (QED) is 0.672. The van der Waals surface area contributed by atoms with Gasteiger partial charge in [0.1, 0.15) is 0 Å². The zero-order chi connectivity index (χ0) is 14.0. The molecule has 0 bridgehead atoms. The van der Waals surface area contributed by atoms with Crippen molar-refractivity contribution in [2.75, 3.05) is 0 Å². The predicted octanol–water partition coefficient (Wildman–Crippen LogP) is 3.35. The lowest BCUT2D eigenvalue weighted by atomic mass is 9.99. The molecule has 0 spiro atoms. The summed E-state index contributed by atoms with van der Waals surface area (Å²) in [5, 5.41) is 8.40. The maximum atomic E-state index is 13.2. The van der Waals surface area contributed by atoms with E-state index in [9.17, 15) is 26.7 Å². The molecule has 18 heavy (non-hydrogen) atoms. The van der Waals surface area contributed by atoms with Crippen LogP contribution in [0.5, 0.6) is 0 Å². The predicted molar refractivity (Wildman–Crippen MR) is 53.1 cm³/mol. The average Bonchev–Trinajstić information content (AvgIpc) is 2.25. The number of aliphatic carboxylic acids is 1. The van der Waals surface area contributed by atoms with Crippen LogP contribution in [0, 0.1) is 0 Å². The molecule has 0 aliphatic heterocycles. The minimum absolute atomic E-state index is 0.136. The van der Waals surface area contributed by atoms with Crippen LogP contribution in [0.1, 0.15) is 5.56 Å². The second-order valence-corrected chi connectivity index (χ2v) is 3.33. The number of hydrogen-bond acceptors (Lipinski definition) is 1. The van der Waals surface area contributed by atoms with E-state index >= 15 is 0 Å². The summed E-state index contributed by atoms with van der Waals surface area (Å²) < 4.78 is 63.1. The van der Waals surface area contributed by atoms with Crippen LogP contribution >= 0.6 is 0 Å². The highest BCUT2D eigenvalue weighted by atomic mass is 19.4. The first-order valence-electron chi connectivity index (χ1n) is 4.61. The van der Waals surface area contributed by atoms with E-state index < -0.39 is 29.2 Å². The van der Waals surface area contributed by atoms with Gasteiger partial charge in [-0.15, -0.1) is 0 Å². The maximum absolute atomic E-state index is 13.2. The molecule has 1 aromatic rings. The Hall–Kier alpha value is -1.92. The van der Waals surface area contributed by atoms with Crippen molar-refractivity contribution in [1.82, 2.24) is 0 Å². The molecule has 0 aliphatic carbocycles. The molecule has 1 aromatic carbocycles. The zero-order valence-electron chi connectivity index (χ0n) is 8.71. The van der Waals surface area contributed by atoms with Crippen LogP contribution < -0.4 is 0 Å². The van der Waals surface area contributed by atoms with Gasteiger partial charge in [0.05, 0.1) is 0 Å². The number of carbonyl (C=O) groups is 1. The van der Waals surface area contributed by atoms with Gasteiger partial charge in [-0.05, 0) is 5.56 Å². The molecule has 7 heteroatoms. The van der Waals surface area contributed by atoms with Crippen molar-refractivity contribution in [1.29, 1.82) is 0 Å². The largest absolute Gasteiger partial charge is 0.478 e. The van der Waals surface area contributed by atoms with Crippen molar-refractivity contribution in [3.63, 3.8) is 0 Å². The molecule has 0 aromatic heterocycles. The molecule has 0 atom stereocenters. The molecule has 0 unspecified atom stereocenters. The molecule has 1 rings (SSSR count). The highest BCUT2D eigenvalue weighted by Gasteiger charge is 2.60. The van der Waals surface area contributed by atoms with Gasteiger partial charge >= 0.3 is 18.1 Å². The van der Waals surface area contributed by atoms with Crippen LogP contribution in [-0.2, 0) is 4.79 Å². The molecule has 0 heterocycles. The summed E-state index contributed by atoms with van der Waals surface area (Å²) in [7, 11) is 0. The second kappa shape index (κ2) is 4.75. The first kappa shape index (κ1) is 14.1. The molecule has 2 nitrogen and oxygen atoms in total. The van der Waals surface area contributed by atoms with Gasteiger partial charge in [0.15, 0.2) is 0 Å². The topological polar surface area (TPSA) is 37.3 Å². The number of rotatable bonds is 3. The summed E-state index contributed by atoms with van der Waals surface area (Å²) >= 11 is 0. The van der Waals surface area contributed by atoms with E-state index in [0.717, 1.165) is 12.1 Å². The standard InChI is InChI=1S/C11H7F5O2/c12-10(13,11(14,15)16)8(6-9(17)18)7-4-2-1-3-5-7/h1-6H,(H,17,18)/b8-6+. The van der Waals surface area contributed by atoms with Crippen LogP contribution in [0.25, 0.3) is 5.57 Å². The monoisotopic (exact) mass is 266 g/mol. The summed E-state index contributed by atoms with van der Waals surface area (Å²) in [4.78, 5) is 10.4. The Kier molecular flexibility index (Phi) is 3.73. The molecule has 98 valence electrons. The number of hydrogen-bond donors (Lipinski definition) is 1. The maximum Gasteiger partial charge on any atom is 0.458 e. The van der Waals surface area contributed by atoms with Crippen LogP contribution in [0.15, 0.2) is 36.4 Å². The number of carboxylic acid groups (broad SMARTS) is 1. The fourth-order valence-corrected chi connectivity index (χ4v) is 1.25. The second-order valence-electron chi connectivity index (χ2n) is 3.33. The van der Waals surface area contributed by atoms with E-state index in [4.69, 9.17) is 5.11 Å². The van der Waals surface area contributed by atoms with Gasteiger partial charge in [0.2, 0.25) is 0 Å². The van der Waals surface area contributed by atoms with Gasteiger partial charge in [-0.1, -0.05) is 30.3 Å². The third-order valence-electron chi connectivity index (χ3n) is 2.05. The Balaban J connectivity index is 3.38. The van der Waals surface area contributed by atoms with Crippen LogP contribution in [-0.4, -0.2) is 23.2 Å². The highest BCUT2D eigenvalue weighted by molar-refractivity contribution is 5.92. The van der Waals surface area contributed by atoms with E-state index in [0.29, 0.717) is 0 Å². The van der Waals surface area contributed by atoms with Crippen LogP contribution in [0.2, 0.25) is 0 Å². The normalized spacial score (nSPS) is 13.5. The third kappa shape index (κ3) is 2.85. The molecular weight excluding hydrogens is 259 g/mol. The number of carboxylic acids is 1. The van der Waals surface area contributed by atoms with Gasteiger partial charge in [-0.2, -0.15) is 22.0 Å². The minimum Gasteiger partial charge on any atom is -0.478 e. The fourth-order valence-electron chi connectivity index (χ4n) is 1.25. The smallest absolute Gasteiger partial charge is 0.458 e. The molecule has 0 saturated carbocycles. The lowest BCUT2D eigenvalue weighted by Gasteiger charge is -2.22. The van der Waals surface area contributed by atoms with E-state index in [2.05, 4.69) is 0 Å². The van der Waals surface area contributed by atoms with E-state index in [-0.39, 0.29) is 6.08 Å². The summed E-state index contributed by atoms with van der Waals surface area (Å²) in [6.45, 7) is 0. The van der Waals surface area contributed by atoms with Crippen molar-refractivity contribution >= 4 is 11.5 Å². The fraction of sp³-hybridized carbons (Fsp3) is 0.182. The van der Waals surface area contributed by atoms with Crippen molar-refractivity contribution in [2.45, 2.75) is 12.1 Å². The van der Waals surface area contributed by atoms with Crippen LogP contribution in [0.3, 0.4) is 0 Å². The van der Waals surface area contributed by atoms with Crippen LogP contribution in [0.4, 0.5) is 22.0 Å². The molecule has 0 aliphatic rings. The van der Waals surface area contributed by atoms with Gasteiger partial charge < -0.3 is 5.11 Å². The van der Waals surface area contributed by atoms with Crippen molar-refractivity contribution in [3.05, 3.63) is 42.0 Å². The molecule has 0 saturated heterocycles. The van der Waals surface area contributed by atoms with Crippen molar-refractivity contribution in [2.24, 2.45) is 0 Å². The van der Waals surface area contributed by atoms with E-state index in [1.165, 1.54) is 18.2 Å². The van der Waals surface area contributed by atoms with Crippen molar-refractivity contribution in [3.8, 4) is 0 Å². The summed E-state index contributed by atoms with van der Waals surface area (Å²) in [6.07, 6.45) is -5.99. The summed E-state index contributed by atoms with van der Waals surface area (Å²) in [5.74, 6) is -7.11. The number of halogens is 5. The molecule has 0 radical (unpaired) electrons. The van der Waals surface area contributed by atoms with E-state index in [1.54, 1.807) is 0 Å². The van der Waals surface area contributed by atoms with Crippen molar-refractivity contribution < 1.29 is 31.9 Å². The third-order valence-corrected chi connectivity index (χ3v) is 2.05. The summed E-state index contributed by atoms with van der Waals surface area (Å²) in [6, 6.07) is 5.84. The Morgan fingerprint density at radius 2 is 1.56 bits per heavy atom. The highest BCUT2D eigenvalue weighted by Crippen LogP contribution is 2.45. The first-order chi connectivity index (χ1) is 8.16. The zero-order valence-corrected chi connectivity index (χ0v) is 8.71. The molecule has 0 fully saturated rings. The Morgan fingerprint density at radius 3 is 1.94 bits per heavy atom. The van der Waals surface area contributed by atoms with Gasteiger partial charge in [-0.3, -0.25) is 0 Å². The minimum atomic E-state index is -5.86. The lowest BCUT2D eigenvalue weighted by Crippen LogP contribution is -2.37.